The molecule has 160 valence electrons. The highest BCUT2D eigenvalue weighted by Crippen LogP contribution is 2.39. The largest absolute Gasteiger partial charge is 0.454 e. The van der Waals surface area contributed by atoms with Crippen LogP contribution in [0.2, 0.25) is 0 Å². The van der Waals surface area contributed by atoms with Gasteiger partial charge in [-0.15, -0.1) is 0 Å². The van der Waals surface area contributed by atoms with Crippen LogP contribution >= 0.6 is 0 Å². The van der Waals surface area contributed by atoms with E-state index >= 15 is 0 Å². The van der Waals surface area contributed by atoms with Crippen LogP contribution in [-0.2, 0) is 12.4 Å². The number of hydrogen-bond donors (Lipinski definition) is 0. The third kappa shape index (κ3) is 3.90. The molecule has 2 aromatic rings. The van der Waals surface area contributed by atoms with Gasteiger partial charge in [0.1, 0.15) is 0 Å². The normalized spacial score (nSPS) is 18.7. The summed E-state index contributed by atoms with van der Waals surface area (Å²) in [6.07, 6.45) is -9.48. The molecule has 1 atom stereocenters. The first-order valence-corrected chi connectivity index (χ1v) is 9.00. The van der Waals surface area contributed by atoms with Crippen LogP contribution < -0.4 is 9.47 Å². The Labute approximate surface area is 167 Å². The van der Waals surface area contributed by atoms with Crippen LogP contribution in [0.1, 0.15) is 39.4 Å². The Bertz CT molecular complexity index is 953. The molecule has 0 spiro atoms. The molecule has 0 aromatic heterocycles. The minimum absolute atomic E-state index is 0.0101. The lowest BCUT2D eigenvalue weighted by Gasteiger charge is -2.19. The van der Waals surface area contributed by atoms with Crippen molar-refractivity contribution in [3.63, 3.8) is 0 Å². The Morgan fingerprint density at radius 3 is 2.17 bits per heavy atom. The second-order valence-electron chi connectivity index (χ2n) is 7.14. The molecule has 4 rings (SSSR count). The number of nitrogens with zero attached hydrogens (tertiary/aromatic N) is 1. The zero-order valence-electron chi connectivity index (χ0n) is 15.3. The topological polar surface area (TPSA) is 38.8 Å². The third-order valence-electron chi connectivity index (χ3n) is 5.18. The van der Waals surface area contributed by atoms with E-state index in [9.17, 15) is 31.1 Å². The van der Waals surface area contributed by atoms with Crippen molar-refractivity contribution >= 4 is 5.91 Å². The van der Waals surface area contributed by atoms with Crippen molar-refractivity contribution in [1.29, 1.82) is 0 Å². The Hall–Kier alpha value is -2.91. The van der Waals surface area contributed by atoms with Gasteiger partial charge < -0.3 is 14.4 Å². The summed E-state index contributed by atoms with van der Waals surface area (Å²) >= 11 is 0. The smallest absolute Gasteiger partial charge is 0.416 e. The Morgan fingerprint density at radius 1 is 0.900 bits per heavy atom. The number of ether oxygens (including phenoxy) is 2. The summed E-state index contributed by atoms with van der Waals surface area (Å²) in [5, 5.41) is 0. The van der Waals surface area contributed by atoms with Gasteiger partial charge in [-0.25, -0.2) is 0 Å². The molecule has 1 fully saturated rings. The monoisotopic (exact) mass is 431 g/mol. The second-order valence-corrected chi connectivity index (χ2v) is 7.14. The van der Waals surface area contributed by atoms with Crippen LogP contribution in [0, 0.1) is 0 Å². The van der Waals surface area contributed by atoms with Gasteiger partial charge in [0.15, 0.2) is 11.5 Å². The predicted molar refractivity (Wildman–Crippen MR) is 92.3 cm³/mol. The number of carbonyl (C=O) groups excluding carboxylic acids is 1. The van der Waals surface area contributed by atoms with Gasteiger partial charge >= 0.3 is 12.4 Å². The van der Waals surface area contributed by atoms with Gasteiger partial charge in [-0.05, 0) is 42.3 Å². The average molecular weight is 431 g/mol. The van der Waals surface area contributed by atoms with Crippen molar-refractivity contribution in [2.24, 2.45) is 0 Å². The van der Waals surface area contributed by atoms with E-state index in [1.54, 1.807) is 18.2 Å². The first kappa shape index (κ1) is 20.4. The summed E-state index contributed by atoms with van der Waals surface area (Å²) in [5.41, 5.74) is -2.79. The second kappa shape index (κ2) is 7.10. The fraction of sp³-hybridized carbons (Fsp3) is 0.350. The van der Waals surface area contributed by atoms with Crippen molar-refractivity contribution in [2.45, 2.75) is 24.7 Å². The molecule has 0 radical (unpaired) electrons. The average Bonchev–Trinajstić information content (AvgIpc) is 3.34. The lowest BCUT2D eigenvalue weighted by atomic mass is 9.98. The van der Waals surface area contributed by atoms with Crippen LogP contribution in [0.3, 0.4) is 0 Å². The highest BCUT2D eigenvalue weighted by atomic mass is 19.4. The Morgan fingerprint density at radius 2 is 1.53 bits per heavy atom. The van der Waals surface area contributed by atoms with Gasteiger partial charge in [0, 0.05) is 24.6 Å². The number of alkyl halides is 6. The molecular weight excluding hydrogens is 416 g/mol. The number of amides is 1. The van der Waals surface area contributed by atoms with E-state index in [1.807, 2.05) is 0 Å². The number of benzene rings is 2. The SMILES string of the molecule is O=C(c1cc(C(F)(F)F)cc(C(F)(F)F)c1)N1CCC(c2ccc3c(c2)OCO3)C1. The minimum Gasteiger partial charge on any atom is -0.454 e. The highest BCUT2D eigenvalue weighted by molar-refractivity contribution is 5.95. The predicted octanol–water partition coefficient (Wildman–Crippen LogP) is 5.08. The van der Waals surface area contributed by atoms with Crippen LogP contribution in [0.15, 0.2) is 36.4 Å². The number of likely N-dealkylation sites (tertiary alicyclic amines) is 1. The molecule has 1 unspecified atom stereocenters. The van der Waals surface area contributed by atoms with E-state index in [1.165, 1.54) is 4.90 Å². The van der Waals surface area contributed by atoms with E-state index in [0.717, 1.165) is 5.56 Å². The molecule has 2 heterocycles. The van der Waals surface area contributed by atoms with E-state index in [0.29, 0.717) is 30.1 Å². The molecule has 0 N–H and O–H groups in total. The number of rotatable bonds is 2. The van der Waals surface area contributed by atoms with Crippen LogP contribution in [0.4, 0.5) is 26.3 Å². The molecule has 2 aliphatic rings. The maximum Gasteiger partial charge on any atom is 0.416 e. The van der Waals surface area contributed by atoms with Crippen molar-refractivity contribution < 1.29 is 40.6 Å². The summed E-state index contributed by atoms with van der Waals surface area (Å²) < 4.78 is 88.9. The molecule has 2 aliphatic heterocycles. The molecule has 0 aliphatic carbocycles. The first-order valence-electron chi connectivity index (χ1n) is 9.00. The van der Waals surface area contributed by atoms with E-state index < -0.39 is 35.0 Å². The standard InChI is InChI=1S/C20H15F6NO3/c21-19(22,23)14-5-13(6-15(8-14)20(24,25)26)18(28)27-4-3-12(9-27)11-1-2-16-17(7-11)30-10-29-16/h1-2,5-8,12H,3-4,9-10H2. The maximum atomic E-state index is 13.1. The molecule has 30 heavy (non-hydrogen) atoms. The van der Waals surface area contributed by atoms with Crippen LogP contribution in [0.5, 0.6) is 11.5 Å². The van der Waals surface area contributed by atoms with Crippen LogP contribution in [0.25, 0.3) is 0 Å². The molecule has 0 saturated carbocycles. The van der Waals surface area contributed by atoms with Crippen molar-refractivity contribution in [3.05, 3.63) is 58.7 Å². The molecular formula is C20H15F6NO3. The summed E-state index contributed by atoms with van der Waals surface area (Å²) in [4.78, 5) is 14.0. The zero-order chi connectivity index (χ0) is 21.7. The number of fused-ring (bicyclic) bond motifs is 1. The number of hydrogen-bond acceptors (Lipinski definition) is 3. The third-order valence-corrected chi connectivity index (χ3v) is 5.18. The molecule has 4 nitrogen and oxygen atoms in total. The minimum atomic E-state index is -5.00. The van der Waals surface area contributed by atoms with E-state index in [2.05, 4.69) is 0 Å². The summed E-state index contributed by atoms with van der Waals surface area (Å²) in [6.45, 7) is 0.497. The van der Waals surface area contributed by atoms with E-state index in [4.69, 9.17) is 9.47 Å². The van der Waals surface area contributed by atoms with Crippen molar-refractivity contribution in [2.75, 3.05) is 19.9 Å². The maximum absolute atomic E-state index is 13.1. The lowest BCUT2D eigenvalue weighted by molar-refractivity contribution is -0.143. The van der Waals surface area contributed by atoms with Gasteiger partial charge in [0.2, 0.25) is 6.79 Å². The van der Waals surface area contributed by atoms with Gasteiger partial charge in [-0.2, -0.15) is 26.3 Å². The number of halogens is 6. The quantitative estimate of drug-likeness (QED) is 0.623. The molecule has 1 amide bonds. The summed E-state index contributed by atoms with van der Waals surface area (Å²) in [7, 11) is 0. The Balaban J connectivity index is 1.58. The number of carbonyl (C=O) groups is 1. The molecule has 10 heteroatoms. The summed E-state index contributed by atoms with van der Waals surface area (Å²) in [5.74, 6) is 0.171. The van der Waals surface area contributed by atoms with Crippen LogP contribution in [-0.4, -0.2) is 30.7 Å². The molecule has 1 saturated heterocycles. The Kier molecular flexibility index (Phi) is 4.82. The molecule has 0 bridgehead atoms. The summed E-state index contributed by atoms with van der Waals surface area (Å²) in [6, 6.07) is 6.24. The van der Waals surface area contributed by atoms with Gasteiger partial charge in [-0.3, -0.25) is 4.79 Å². The van der Waals surface area contributed by atoms with Gasteiger partial charge in [0.05, 0.1) is 11.1 Å². The van der Waals surface area contributed by atoms with Gasteiger partial charge in [-0.1, -0.05) is 6.07 Å². The first-order chi connectivity index (χ1) is 14.0. The molecule has 2 aromatic carbocycles. The van der Waals surface area contributed by atoms with E-state index in [-0.39, 0.29) is 31.9 Å². The highest BCUT2D eigenvalue weighted by Gasteiger charge is 2.38. The fourth-order valence-corrected chi connectivity index (χ4v) is 3.64. The zero-order valence-corrected chi connectivity index (χ0v) is 15.3. The lowest BCUT2D eigenvalue weighted by Crippen LogP contribution is -2.29. The fourth-order valence-electron chi connectivity index (χ4n) is 3.64. The van der Waals surface area contributed by atoms with Crippen molar-refractivity contribution in [1.82, 2.24) is 4.90 Å². The van der Waals surface area contributed by atoms with Crippen molar-refractivity contribution in [3.8, 4) is 11.5 Å². The van der Waals surface area contributed by atoms with Gasteiger partial charge in [0.25, 0.3) is 5.91 Å².